The molecule has 5 rings (SSSR count). The van der Waals surface area contributed by atoms with Gasteiger partial charge in [-0.1, -0.05) is 24.3 Å². The van der Waals surface area contributed by atoms with Crippen LogP contribution in [0.25, 0.3) is 10.9 Å². The zero-order valence-electron chi connectivity index (χ0n) is 19.1. The molecule has 9 heteroatoms. The number of aromatic nitrogens is 1. The van der Waals surface area contributed by atoms with Crippen LogP contribution in [0.3, 0.4) is 0 Å². The topological polar surface area (TPSA) is 105 Å². The first-order valence-corrected chi connectivity index (χ1v) is 12.1. The Morgan fingerprint density at radius 3 is 2.97 bits per heavy atom. The van der Waals surface area contributed by atoms with E-state index in [9.17, 15) is 4.79 Å². The first-order chi connectivity index (χ1) is 17.2. The number of nitrogens with zero attached hydrogens (tertiary/aromatic N) is 4. The molecule has 0 fully saturated rings. The maximum absolute atomic E-state index is 13.2. The number of anilines is 3. The van der Waals surface area contributed by atoms with E-state index in [-0.39, 0.29) is 5.91 Å². The van der Waals surface area contributed by atoms with Crippen molar-refractivity contribution < 1.29 is 4.79 Å². The highest BCUT2D eigenvalue weighted by molar-refractivity contribution is 7.12. The Kier molecular flexibility index (Phi) is 6.28. The molecule has 1 aliphatic rings. The van der Waals surface area contributed by atoms with Crippen molar-refractivity contribution in [3.8, 4) is 6.19 Å². The highest BCUT2D eigenvalue weighted by Crippen LogP contribution is 2.32. The van der Waals surface area contributed by atoms with E-state index >= 15 is 0 Å². The second-order valence-corrected chi connectivity index (χ2v) is 8.90. The van der Waals surface area contributed by atoms with Crippen molar-refractivity contribution in [3.05, 3.63) is 82.2 Å². The molecule has 2 aromatic carbocycles. The smallest absolute Gasteiger partial charge is 0.267 e. The Bertz CT molecular complexity index is 1460. The van der Waals surface area contributed by atoms with E-state index in [2.05, 4.69) is 32.0 Å². The maximum Gasteiger partial charge on any atom is 0.267 e. The van der Waals surface area contributed by atoms with Gasteiger partial charge in [-0.2, -0.15) is 5.26 Å². The number of nitrogens with one attached hydrogen (secondary N) is 3. The minimum absolute atomic E-state index is 0.175. The monoisotopic (exact) mass is 481 g/mol. The van der Waals surface area contributed by atoms with Crippen molar-refractivity contribution in [2.24, 2.45) is 4.99 Å². The molecule has 35 heavy (non-hydrogen) atoms. The molecule has 3 N–H and O–H groups in total. The van der Waals surface area contributed by atoms with Gasteiger partial charge in [0.1, 0.15) is 4.88 Å². The number of benzene rings is 2. The number of aliphatic imine (C=N–C) groups is 1. The normalized spacial score (nSPS) is 12.8. The number of carbonyl (C=O) groups is 1. The number of hydrogen-bond acceptors (Lipinski definition) is 6. The van der Waals surface area contributed by atoms with Crippen molar-refractivity contribution in [1.82, 2.24) is 10.3 Å². The van der Waals surface area contributed by atoms with E-state index in [1.807, 2.05) is 65.0 Å². The number of thiophene rings is 1. The van der Waals surface area contributed by atoms with Gasteiger partial charge in [0.2, 0.25) is 12.2 Å². The lowest BCUT2D eigenvalue weighted by molar-refractivity contribution is 0.103. The summed E-state index contributed by atoms with van der Waals surface area (Å²) in [7, 11) is 1.74. The summed E-state index contributed by atoms with van der Waals surface area (Å²) in [6, 6.07) is 17.8. The number of guanidine groups is 1. The zero-order chi connectivity index (χ0) is 24.2. The summed E-state index contributed by atoms with van der Waals surface area (Å²) in [6.07, 6.45) is 4.49. The van der Waals surface area contributed by atoms with Gasteiger partial charge in [-0.05, 0) is 53.3 Å². The molecule has 0 saturated heterocycles. The van der Waals surface area contributed by atoms with Crippen molar-refractivity contribution in [1.29, 1.82) is 5.26 Å². The van der Waals surface area contributed by atoms with Crippen LogP contribution in [0, 0.1) is 11.5 Å². The molecular formula is C26H23N7OS. The standard InChI is InChI=1S/C26H23N7OS/c1-28-26(31-16-27)33-12-9-17-6-7-19(14-23(17)33)32-25(34)24-22(10-13-35-24)30-15-18-8-11-29-21-5-3-2-4-20(18)21/h2-8,10-11,13-14,30H,9,12,15H2,1H3,(H,28,31)(H,32,34). The summed E-state index contributed by atoms with van der Waals surface area (Å²) in [4.78, 5) is 24.0. The summed E-state index contributed by atoms with van der Waals surface area (Å²) in [5, 5.41) is 21.4. The molecule has 0 atom stereocenters. The number of para-hydroxylation sites is 1. The highest BCUT2D eigenvalue weighted by atomic mass is 32.1. The number of hydrogen-bond donors (Lipinski definition) is 3. The van der Waals surface area contributed by atoms with Crippen LogP contribution in [0.4, 0.5) is 17.1 Å². The van der Waals surface area contributed by atoms with Gasteiger partial charge in [-0.3, -0.25) is 9.78 Å². The van der Waals surface area contributed by atoms with Crippen LogP contribution in [0.15, 0.2) is 71.2 Å². The van der Waals surface area contributed by atoms with Crippen LogP contribution < -0.4 is 20.9 Å². The van der Waals surface area contributed by atoms with Crippen LogP contribution in [-0.4, -0.2) is 30.4 Å². The van der Waals surface area contributed by atoms with E-state index in [0.717, 1.165) is 46.4 Å². The lowest BCUT2D eigenvalue weighted by Gasteiger charge is -2.20. The second-order valence-electron chi connectivity index (χ2n) is 7.99. The van der Waals surface area contributed by atoms with E-state index in [0.29, 0.717) is 23.1 Å². The molecule has 0 bridgehead atoms. The average molecular weight is 482 g/mol. The SMILES string of the molecule is CN/C(=N\C#N)N1CCc2ccc(NC(=O)c3sccc3NCc3ccnc4ccccc34)cc21. The molecule has 0 aliphatic carbocycles. The number of fused-ring (bicyclic) bond motifs is 2. The number of nitriles is 1. The maximum atomic E-state index is 13.2. The number of pyridine rings is 1. The molecule has 1 aliphatic heterocycles. The summed E-state index contributed by atoms with van der Waals surface area (Å²) in [5.41, 5.74) is 5.61. The van der Waals surface area contributed by atoms with Gasteiger partial charge in [0, 0.05) is 43.1 Å². The van der Waals surface area contributed by atoms with Gasteiger partial charge < -0.3 is 20.9 Å². The molecule has 3 heterocycles. The van der Waals surface area contributed by atoms with Crippen molar-refractivity contribution in [2.75, 3.05) is 29.1 Å². The van der Waals surface area contributed by atoms with E-state index < -0.39 is 0 Å². The largest absolute Gasteiger partial charge is 0.380 e. The molecule has 2 aromatic heterocycles. The lowest BCUT2D eigenvalue weighted by atomic mass is 10.1. The Morgan fingerprint density at radius 1 is 1.23 bits per heavy atom. The minimum Gasteiger partial charge on any atom is -0.380 e. The summed E-state index contributed by atoms with van der Waals surface area (Å²) in [5.74, 6) is 0.314. The molecule has 4 aromatic rings. The molecular weight excluding hydrogens is 458 g/mol. The fourth-order valence-corrected chi connectivity index (χ4v) is 5.05. The van der Waals surface area contributed by atoms with Gasteiger partial charge in [0.15, 0.2) is 0 Å². The Hall–Kier alpha value is -4.42. The van der Waals surface area contributed by atoms with Crippen LogP contribution in [0.2, 0.25) is 0 Å². The van der Waals surface area contributed by atoms with Crippen molar-refractivity contribution >= 4 is 51.2 Å². The fourth-order valence-electron chi connectivity index (χ4n) is 4.29. The third kappa shape index (κ3) is 4.52. The summed E-state index contributed by atoms with van der Waals surface area (Å²) < 4.78 is 0. The molecule has 0 spiro atoms. The number of rotatable bonds is 5. The molecule has 0 radical (unpaired) electrons. The van der Waals surface area contributed by atoms with E-state index in [1.54, 1.807) is 13.2 Å². The Morgan fingerprint density at radius 2 is 2.11 bits per heavy atom. The lowest BCUT2D eigenvalue weighted by Crippen LogP contribution is -2.38. The van der Waals surface area contributed by atoms with Crippen molar-refractivity contribution in [2.45, 2.75) is 13.0 Å². The first kappa shape index (κ1) is 22.4. The predicted molar refractivity (Wildman–Crippen MR) is 141 cm³/mol. The average Bonchev–Trinajstić information content (AvgIpc) is 3.53. The van der Waals surface area contributed by atoms with E-state index in [1.165, 1.54) is 11.3 Å². The Labute approximate surface area is 206 Å². The van der Waals surface area contributed by atoms with Crippen LogP contribution in [0.5, 0.6) is 0 Å². The van der Waals surface area contributed by atoms with Crippen LogP contribution in [0.1, 0.15) is 20.8 Å². The second kappa shape index (κ2) is 9.83. The van der Waals surface area contributed by atoms with Crippen molar-refractivity contribution in [3.63, 3.8) is 0 Å². The van der Waals surface area contributed by atoms with Crippen LogP contribution in [-0.2, 0) is 13.0 Å². The minimum atomic E-state index is -0.175. The third-order valence-corrected chi connectivity index (χ3v) is 6.87. The van der Waals surface area contributed by atoms with Gasteiger partial charge in [0.05, 0.1) is 11.2 Å². The summed E-state index contributed by atoms with van der Waals surface area (Å²) in [6.45, 7) is 1.30. The number of amides is 1. The van der Waals surface area contributed by atoms with Gasteiger partial charge in [-0.25, -0.2) is 0 Å². The third-order valence-electron chi connectivity index (χ3n) is 5.95. The molecule has 174 valence electrons. The Balaban J connectivity index is 1.32. The number of carbonyl (C=O) groups excluding carboxylic acids is 1. The van der Waals surface area contributed by atoms with Gasteiger partial charge >= 0.3 is 0 Å². The molecule has 0 saturated carbocycles. The van der Waals surface area contributed by atoms with Gasteiger partial charge in [-0.15, -0.1) is 16.3 Å². The molecule has 0 unspecified atom stereocenters. The molecule has 1 amide bonds. The van der Waals surface area contributed by atoms with Gasteiger partial charge in [0.25, 0.3) is 5.91 Å². The summed E-state index contributed by atoms with van der Waals surface area (Å²) >= 11 is 1.39. The predicted octanol–water partition coefficient (Wildman–Crippen LogP) is 4.58. The zero-order valence-corrected chi connectivity index (χ0v) is 19.9. The fraction of sp³-hybridized carbons (Fsp3) is 0.154. The quantitative estimate of drug-likeness (QED) is 0.219. The molecule has 8 nitrogen and oxygen atoms in total. The van der Waals surface area contributed by atoms with E-state index in [4.69, 9.17) is 5.26 Å². The highest BCUT2D eigenvalue weighted by Gasteiger charge is 2.24. The van der Waals surface area contributed by atoms with Crippen LogP contribution >= 0.6 is 11.3 Å². The first-order valence-electron chi connectivity index (χ1n) is 11.2.